The Hall–Kier alpha value is -1.46. The molecule has 0 bridgehead atoms. The first-order chi connectivity index (χ1) is 11.2. The molecule has 5 heteroatoms. The van der Waals surface area contributed by atoms with Crippen molar-refractivity contribution in [3.8, 4) is 0 Å². The van der Waals surface area contributed by atoms with E-state index < -0.39 is 6.10 Å². The summed E-state index contributed by atoms with van der Waals surface area (Å²) >= 11 is 3.54. The van der Waals surface area contributed by atoms with E-state index in [9.17, 15) is 5.11 Å². The van der Waals surface area contributed by atoms with E-state index in [0.717, 1.165) is 28.2 Å². The van der Waals surface area contributed by atoms with Gasteiger partial charge in [-0.25, -0.2) is 9.97 Å². The molecule has 2 N–H and O–H groups in total. The Morgan fingerprint density at radius 3 is 2.78 bits per heavy atom. The summed E-state index contributed by atoms with van der Waals surface area (Å²) in [5, 5.41) is 14.0. The molecule has 0 aliphatic heterocycles. The molecule has 1 aromatic heterocycles. The lowest BCUT2D eigenvalue weighted by Gasteiger charge is -2.21. The number of halogens is 1. The lowest BCUT2D eigenvalue weighted by atomic mass is 10.1. The van der Waals surface area contributed by atoms with Crippen LogP contribution in [0.15, 0.2) is 28.9 Å². The number of nitrogens with zero attached hydrogens (tertiary/aromatic N) is 2. The molecule has 23 heavy (non-hydrogen) atoms. The third-order valence-electron chi connectivity index (χ3n) is 4.74. The Morgan fingerprint density at radius 1 is 1.26 bits per heavy atom. The van der Waals surface area contributed by atoms with Crippen molar-refractivity contribution in [2.45, 2.75) is 50.7 Å². The maximum absolute atomic E-state index is 10.5. The molecule has 120 valence electrons. The van der Waals surface area contributed by atoms with Crippen LogP contribution < -0.4 is 5.32 Å². The lowest BCUT2D eigenvalue weighted by Crippen LogP contribution is -2.23. The highest BCUT2D eigenvalue weighted by Gasteiger charge is 2.34. The molecule has 2 aliphatic carbocycles. The summed E-state index contributed by atoms with van der Waals surface area (Å²) in [6, 6.07) is 8.12. The average molecular weight is 374 g/mol. The van der Waals surface area contributed by atoms with Crippen molar-refractivity contribution in [2.75, 3.05) is 5.32 Å². The van der Waals surface area contributed by atoms with Gasteiger partial charge in [0.1, 0.15) is 10.4 Å². The maximum Gasteiger partial charge on any atom is 0.149 e. The zero-order valence-electron chi connectivity index (χ0n) is 13.1. The molecular weight excluding hydrogens is 354 g/mol. The first kappa shape index (κ1) is 15.1. The first-order valence-corrected chi connectivity index (χ1v) is 9.05. The fraction of sp³-hybridized carbons (Fsp3) is 0.444. The minimum atomic E-state index is -0.421. The number of aliphatic hydroxyl groups is 1. The Balaban J connectivity index is 1.71. The van der Waals surface area contributed by atoms with Crippen molar-refractivity contribution >= 4 is 21.7 Å². The average Bonchev–Trinajstić information content (AvgIpc) is 3.34. The van der Waals surface area contributed by atoms with Gasteiger partial charge >= 0.3 is 0 Å². The van der Waals surface area contributed by atoms with E-state index in [1.807, 2.05) is 12.1 Å². The van der Waals surface area contributed by atoms with Gasteiger partial charge in [0.15, 0.2) is 0 Å². The molecule has 1 aromatic carbocycles. The molecule has 1 heterocycles. The van der Waals surface area contributed by atoms with E-state index in [2.05, 4.69) is 40.3 Å². The summed E-state index contributed by atoms with van der Waals surface area (Å²) in [4.78, 5) is 9.53. The quantitative estimate of drug-likeness (QED) is 0.856. The molecular formula is C18H20BrN3O. The van der Waals surface area contributed by atoms with Crippen LogP contribution in [-0.2, 0) is 12.8 Å². The van der Waals surface area contributed by atoms with Crippen LogP contribution in [0.1, 0.15) is 54.2 Å². The number of rotatable bonds is 4. The van der Waals surface area contributed by atoms with Crippen LogP contribution in [0.25, 0.3) is 0 Å². The largest absolute Gasteiger partial charge is 0.390 e. The third kappa shape index (κ3) is 2.76. The third-order valence-corrected chi connectivity index (χ3v) is 5.38. The Bertz CT molecular complexity index is 745. The number of benzene rings is 1. The second kappa shape index (κ2) is 5.87. The number of aromatic nitrogens is 2. The molecule has 0 spiro atoms. The van der Waals surface area contributed by atoms with E-state index in [4.69, 9.17) is 9.97 Å². The number of fused-ring (bicyclic) bond motifs is 1. The highest BCUT2D eigenvalue weighted by Crippen LogP contribution is 2.44. The standard InChI is InChI=1S/C18H20BrN3O/c1-2-13-17(19)21-15(10-7-8-10)18(20-13)22-16-12-6-4-3-5-11(12)9-14(16)23/h3-6,10,14,16,23H,2,7-9H2,1H3,(H,20,22)/t14-,16+/m0/s1. The summed E-state index contributed by atoms with van der Waals surface area (Å²) in [6.45, 7) is 2.08. The maximum atomic E-state index is 10.5. The van der Waals surface area contributed by atoms with E-state index >= 15 is 0 Å². The zero-order chi connectivity index (χ0) is 16.0. The van der Waals surface area contributed by atoms with E-state index in [1.165, 1.54) is 24.0 Å². The Kier molecular flexibility index (Phi) is 3.85. The molecule has 1 saturated carbocycles. The zero-order valence-corrected chi connectivity index (χ0v) is 14.7. The number of anilines is 1. The first-order valence-electron chi connectivity index (χ1n) is 8.26. The molecule has 4 rings (SSSR count). The van der Waals surface area contributed by atoms with Gasteiger partial charge in [0.25, 0.3) is 0 Å². The van der Waals surface area contributed by atoms with Crippen LogP contribution in [0.5, 0.6) is 0 Å². The molecule has 1 fully saturated rings. The predicted molar refractivity (Wildman–Crippen MR) is 93.6 cm³/mol. The van der Waals surface area contributed by atoms with E-state index in [1.54, 1.807) is 0 Å². The van der Waals surface area contributed by atoms with Gasteiger partial charge in [0.2, 0.25) is 0 Å². The van der Waals surface area contributed by atoms with Crippen LogP contribution >= 0.6 is 15.9 Å². The summed E-state index contributed by atoms with van der Waals surface area (Å²) in [5.41, 5.74) is 4.37. The summed E-state index contributed by atoms with van der Waals surface area (Å²) in [7, 11) is 0. The van der Waals surface area contributed by atoms with Crippen LogP contribution in [0, 0.1) is 0 Å². The molecule has 0 amide bonds. The molecule has 0 unspecified atom stereocenters. The lowest BCUT2D eigenvalue weighted by molar-refractivity contribution is 0.165. The fourth-order valence-corrected chi connectivity index (χ4v) is 3.89. The number of aryl methyl sites for hydroxylation is 1. The number of aliphatic hydroxyl groups excluding tert-OH is 1. The second-order valence-electron chi connectivity index (χ2n) is 6.42. The van der Waals surface area contributed by atoms with Gasteiger partial charge < -0.3 is 10.4 Å². The van der Waals surface area contributed by atoms with Crippen molar-refractivity contribution in [3.63, 3.8) is 0 Å². The molecule has 2 aliphatic rings. The smallest absolute Gasteiger partial charge is 0.149 e. The molecule has 2 atom stereocenters. The molecule has 4 nitrogen and oxygen atoms in total. The van der Waals surface area contributed by atoms with Crippen molar-refractivity contribution in [2.24, 2.45) is 0 Å². The number of nitrogens with one attached hydrogen (secondary N) is 1. The van der Waals surface area contributed by atoms with E-state index in [0.29, 0.717) is 12.3 Å². The minimum absolute atomic E-state index is 0.108. The Morgan fingerprint density at radius 2 is 2.04 bits per heavy atom. The summed E-state index contributed by atoms with van der Waals surface area (Å²) in [6.07, 6.45) is 3.44. The summed E-state index contributed by atoms with van der Waals surface area (Å²) < 4.78 is 0.847. The fourth-order valence-electron chi connectivity index (χ4n) is 3.33. The van der Waals surface area contributed by atoms with Crippen molar-refractivity contribution in [1.29, 1.82) is 0 Å². The van der Waals surface area contributed by atoms with Crippen molar-refractivity contribution in [3.05, 3.63) is 51.4 Å². The molecule has 0 saturated heterocycles. The second-order valence-corrected chi connectivity index (χ2v) is 7.17. The number of hydrogen-bond acceptors (Lipinski definition) is 4. The van der Waals surface area contributed by atoms with Crippen LogP contribution in [0.3, 0.4) is 0 Å². The van der Waals surface area contributed by atoms with Crippen LogP contribution in [0.2, 0.25) is 0 Å². The van der Waals surface area contributed by atoms with Gasteiger partial charge in [-0.2, -0.15) is 0 Å². The topological polar surface area (TPSA) is 58.0 Å². The molecule has 2 aromatic rings. The van der Waals surface area contributed by atoms with Gasteiger partial charge in [-0.1, -0.05) is 31.2 Å². The van der Waals surface area contributed by atoms with E-state index in [-0.39, 0.29) is 6.04 Å². The van der Waals surface area contributed by atoms with Gasteiger partial charge in [-0.05, 0) is 46.3 Å². The molecule has 0 radical (unpaired) electrons. The monoisotopic (exact) mass is 373 g/mol. The van der Waals surface area contributed by atoms with Crippen LogP contribution in [-0.4, -0.2) is 21.2 Å². The highest BCUT2D eigenvalue weighted by molar-refractivity contribution is 9.10. The highest BCUT2D eigenvalue weighted by atomic mass is 79.9. The predicted octanol–water partition coefficient (Wildman–Crippen LogP) is 3.75. The summed E-state index contributed by atoms with van der Waals surface area (Å²) in [5.74, 6) is 1.34. The minimum Gasteiger partial charge on any atom is -0.390 e. The number of hydrogen-bond donors (Lipinski definition) is 2. The normalized spacial score (nSPS) is 22.9. The van der Waals surface area contributed by atoms with Crippen molar-refractivity contribution < 1.29 is 5.11 Å². The van der Waals surface area contributed by atoms with Crippen molar-refractivity contribution in [1.82, 2.24) is 9.97 Å². The SMILES string of the molecule is CCc1nc(N[C@@H]2c3ccccc3C[C@@H]2O)c(C2CC2)nc1Br. The van der Waals surface area contributed by atoms with Gasteiger partial charge in [0.05, 0.1) is 23.5 Å². The van der Waals surface area contributed by atoms with Gasteiger partial charge in [0, 0.05) is 12.3 Å². The van der Waals surface area contributed by atoms with Crippen LogP contribution in [0.4, 0.5) is 5.82 Å². The van der Waals surface area contributed by atoms with Gasteiger partial charge in [-0.3, -0.25) is 0 Å². The Labute approximate surface area is 144 Å². The van der Waals surface area contributed by atoms with Gasteiger partial charge in [-0.15, -0.1) is 0 Å².